The van der Waals surface area contributed by atoms with Crippen molar-refractivity contribution in [3.8, 4) is 0 Å². The van der Waals surface area contributed by atoms with Crippen LogP contribution in [-0.4, -0.2) is 0 Å². The first-order chi connectivity index (χ1) is 8.79. The lowest BCUT2D eigenvalue weighted by Crippen LogP contribution is -1.75. The van der Waals surface area contributed by atoms with Gasteiger partial charge in [0, 0.05) is 9.58 Å². The summed E-state index contributed by atoms with van der Waals surface area (Å²) >= 11 is 1.87. The van der Waals surface area contributed by atoms with Gasteiger partial charge in [0.2, 0.25) is 0 Å². The average Bonchev–Trinajstić information content (AvgIpc) is 2.72. The van der Waals surface area contributed by atoms with Crippen LogP contribution in [0.25, 0.3) is 31.6 Å². The number of rotatable bonds is 0. The molecule has 0 saturated heterocycles. The second-order valence-electron chi connectivity index (χ2n) is 4.79. The van der Waals surface area contributed by atoms with Gasteiger partial charge >= 0.3 is 0 Å². The van der Waals surface area contributed by atoms with E-state index in [0.717, 1.165) is 0 Å². The lowest BCUT2D eigenvalue weighted by molar-refractivity contribution is 1.66. The standard InChI is InChI=1S/C17H12S/c1-11-6-16-9-14-7-12-4-2-3-5-13(12)8-15(14)10-17(16)18-11/h2-10H,1H3. The Labute approximate surface area is 109 Å². The molecule has 86 valence electrons. The highest BCUT2D eigenvalue weighted by Crippen LogP contribution is 2.31. The molecule has 1 heteroatoms. The zero-order chi connectivity index (χ0) is 12.1. The molecule has 0 nitrogen and oxygen atoms in total. The van der Waals surface area contributed by atoms with Crippen molar-refractivity contribution >= 4 is 43.0 Å². The van der Waals surface area contributed by atoms with Crippen molar-refractivity contribution in [1.29, 1.82) is 0 Å². The Kier molecular flexibility index (Phi) is 2.00. The molecule has 1 heterocycles. The summed E-state index contributed by atoms with van der Waals surface area (Å²) in [6.45, 7) is 2.17. The number of fused-ring (bicyclic) bond motifs is 3. The molecule has 0 N–H and O–H groups in total. The third kappa shape index (κ3) is 1.44. The van der Waals surface area contributed by atoms with Gasteiger partial charge in [-0.2, -0.15) is 0 Å². The molecule has 4 rings (SSSR count). The van der Waals surface area contributed by atoms with Gasteiger partial charge in [0.05, 0.1) is 0 Å². The van der Waals surface area contributed by atoms with Crippen LogP contribution in [0, 0.1) is 6.92 Å². The minimum Gasteiger partial charge on any atom is -0.141 e. The molecule has 0 spiro atoms. The highest BCUT2D eigenvalue weighted by atomic mass is 32.1. The molecule has 4 aromatic rings. The van der Waals surface area contributed by atoms with Gasteiger partial charge in [-0.3, -0.25) is 0 Å². The van der Waals surface area contributed by atoms with Crippen molar-refractivity contribution in [1.82, 2.24) is 0 Å². The van der Waals surface area contributed by atoms with Crippen LogP contribution in [-0.2, 0) is 0 Å². The summed E-state index contributed by atoms with van der Waals surface area (Å²) in [7, 11) is 0. The molecule has 18 heavy (non-hydrogen) atoms. The van der Waals surface area contributed by atoms with Crippen LogP contribution < -0.4 is 0 Å². The first-order valence-corrected chi connectivity index (χ1v) is 6.94. The summed E-state index contributed by atoms with van der Waals surface area (Å²) in [4.78, 5) is 1.38. The van der Waals surface area contributed by atoms with Crippen molar-refractivity contribution in [2.24, 2.45) is 0 Å². The van der Waals surface area contributed by atoms with Crippen molar-refractivity contribution in [3.63, 3.8) is 0 Å². The topological polar surface area (TPSA) is 0 Å². The van der Waals surface area contributed by atoms with Crippen LogP contribution in [0.1, 0.15) is 4.88 Å². The maximum absolute atomic E-state index is 2.31. The smallest absolute Gasteiger partial charge is 0.0351 e. The Balaban J connectivity index is 2.19. The lowest BCUT2D eigenvalue weighted by Gasteiger charge is -2.02. The highest BCUT2D eigenvalue weighted by molar-refractivity contribution is 7.19. The molecular formula is C17H12S. The zero-order valence-electron chi connectivity index (χ0n) is 10.1. The molecule has 0 atom stereocenters. The molecule has 0 radical (unpaired) electrons. The Morgan fingerprint density at radius 2 is 1.28 bits per heavy atom. The van der Waals surface area contributed by atoms with Crippen LogP contribution in [0.4, 0.5) is 0 Å². The predicted molar refractivity (Wildman–Crippen MR) is 81.6 cm³/mol. The van der Waals surface area contributed by atoms with Gasteiger partial charge in [-0.1, -0.05) is 24.3 Å². The van der Waals surface area contributed by atoms with E-state index < -0.39 is 0 Å². The molecule has 3 aromatic carbocycles. The number of benzene rings is 3. The molecule has 1 aromatic heterocycles. The molecule has 0 amide bonds. The van der Waals surface area contributed by atoms with Crippen LogP contribution in [0.5, 0.6) is 0 Å². The van der Waals surface area contributed by atoms with Gasteiger partial charge in [0.15, 0.2) is 0 Å². The minimum absolute atomic E-state index is 1.32. The second kappa shape index (κ2) is 3.56. The molecule has 0 fully saturated rings. The fourth-order valence-electron chi connectivity index (χ4n) is 2.61. The number of hydrogen-bond donors (Lipinski definition) is 0. The average molecular weight is 248 g/mol. The summed E-state index contributed by atoms with van der Waals surface area (Å²) in [6, 6.07) is 20.0. The van der Waals surface area contributed by atoms with Gasteiger partial charge in [0.1, 0.15) is 0 Å². The molecule has 0 aliphatic carbocycles. The van der Waals surface area contributed by atoms with Crippen LogP contribution in [0.15, 0.2) is 54.6 Å². The second-order valence-corrected chi connectivity index (χ2v) is 6.08. The SMILES string of the molecule is Cc1cc2cc3cc4ccccc4cc3cc2s1. The maximum Gasteiger partial charge on any atom is 0.0351 e. The molecule has 0 aliphatic rings. The summed E-state index contributed by atoms with van der Waals surface area (Å²) in [5.74, 6) is 0. The minimum atomic E-state index is 1.32. The van der Waals surface area contributed by atoms with Gasteiger partial charge in [-0.05, 0) is 64.2 Å². The summed E-state index contributed by atoms with van der Waals surface area (Å²) in [5.41, 5.74) is 0. The maximum atomic E-state index is 2.31. The zero-order valence-corrected chi connectivity index (χ0v) is 10.9. The fourth-order valence-corrected chi connectivity index (χ4v) is 3.57. The molecule has 0 saturated carbocycles. The fraction of sp³-hybridized carbons (Fsp3) is 0.0588. The van der Waals surface area contributed by atoms with E-state index in [2.05, 4.69) is 61.5 Å². The molecule has 0 bridgehead atoms. The van der Waals surface area contributed by atoms with E-state index in [1.165, 1.54) is 36.5 Å². The van der Waals surface area contributed by atoms with E-state index in [4.69, 9.17) is 0 Å². The van der Waals surface area contributed by atoms with Gasteiger partial charge in [-0.15, -0.1) is 11.3 Å². The van der Waals surface area contributed by atoms with Crippen molar-refractivity contribution in [2.45, 2.75) is 6.92 Å². The quantitative estimate of drug-likeness (QED) is 0.360. The van der Waals surface area contributed by atoms with E-state index in [1.54, 1.807) is 0 Å². The molecule has 0 aliphatic heterocycles. The molecule has 0 unspecified atom stereocenters. The predicted octanol–water partition coefficient (Wildman–Crippen LogP) is 5.52. The first-order valence-electron chi connectivity index (χ1n) is 6.12. The largest absolute Gasteiger partial charge is 0.141 e. The van der Waals surface area contributed by atoms with E-state index in [9.17, 15) is 0 Å². The van der Waals surface area contributed by atoms with Crippen molar-refractivity contribution in [3.05, 3.63) is 59.5 Å². The van der Waals surface area contributed by atoms with Crippen molar-refractivity contribution in [2.75, 3.05) is 0 Å². The Hall–Kier alpha value is -1.86. The third-order valence-electron chi connectivity index (χ3n) is 3.46. The van der Waals surface area contributed by atoms with E-state index in [0.29, 0.717) is 0 Å². The van der Waals surface area contributed by atoms with E-state index in [-0.39, 0.29) is 0 Å². The third-order valence-corrected chi connectivity index (χ3v) is 4.48. The Morgan fingerprint density at radius 1 is 0.667 bits per heavy atom. The van der Waals surface area contributed by atoms with Crippen LogP contribution >= 0.6 is 11.3 Å². The Bertz CT molecular complexity index is 812. The van der Waals surface area contributed by atoms with Crippen LogP contribution in [0.2, 0.25) is 0 Å². The molecular weight excluding hydrogens is 236 g/mol. The van der Waals surface area contributed by atoms with Gasteiger partial charge in [-0.25, -0.2) is 0 Å². The Morgan fingerprint density at radius 3 is 2.00 bits per heavy atom. The van der Waals surface area contributed by atoms with Gasteiger partial charge < -0.3 is 0 Å². The van der Waals surface area contributed by atoms with E-state index >= 15 is 0 Å². The first kappa shape index (κ1) is 10.1. The monoisotopic (exact) mass is 248 g/mol. The van der Waals surface area contributed by atoms with E-state index in [1.807, 2.05) is 11.3 Å². The number of hydrogen-bond acceptors (Lipinski definition) is 1. The normalized spacial score (nSPS) is 11.6. The van der Waals surface area contributed by atoms with Crippen LogP contribution in [0.3, 0.4) is 0 Å². The number of thiophene rings is 1. The lowest BCUT2D eigenvalue weighted by atomic mass is 10.0. The van der Waals surface area contributed by atoms with Gasteiger partial charge in [0.25, 0.3) is 0 Å². The number of aryl methyl sites for hydroxylation is 1. The van der Waals surface area contributed by atoms with Crippen molar-refractivity contribution < 1.29 is 0 Å². The summed E-state index contributed by atoms with van der Waals surface area (Å²) in [5, 5.41) is 6.66. The summed E-state index contributed by atoms with van der Waals surface area (Å²) < 4.78 is 1.38. The highest BCUT2D eigenvalue weighted by Gasteiger charge is 2.03. The summed E-state index contributed by atoms with van der Waals surface area (Å²) in [6.07, 6.45) is 0.